The predicted octanol–water partition coefficient (Wildman–Crippen LogP) is 4.26. The quantitative estimate of drug-likeness (QED) is 0.525. The molecule has 0 saturated heterocycles. The van der Waals surface area contributed by atoms with Gasteiger partial charge in [-0.2, -0.15) is 10.2 Å². The van der Waals surface area contributed by atoms with E-state index in [1.807, 2.05) is 26.0 Å². The first-order valence-corrected chi connectivity index (χ1v) is 9.82. The number of aromatic nitrogens is 4. The van der Waals surface area contributed by atoms with Gasteiger partial charge >= 0.3 is 0 Å². The summed E-state index contributed by atoms with van der Waals surface area (Å²) in [6.45, 7) is 4.29. The Morgan fingerprint density at radius 1 is 1.14 bits per heavy atom. The van der Waals surface area contributed by atoms with E-state index in [0.29, 0.717) is 17.0 Å². The monoisotopic (exact) mass is 388 g/mol. The lowest BCUT2D eigenvalue weighted by molar-refractivity contribution is 0.606. The van der Waals surface area contributed by atoms with Crippen molar-refractivity contribution in [2.45, 2.75) is 39.2 Å². The molecule has 6 heteroatoms. The zero-order valence-corrected chi connectivity index (χ0v) is 16.4. The maximum absolute atomic E-state index is 13.6. The van der Waals surface area contributed by atoms with Gasteiger partial charge in [-0.1, -0.05) is 29.8 Å². The van der Waals surface area contributed by atoms with E-state index in [-0.39, 0.29) is 17.9 Å². The minimum absolute atomic E-state index is 0.217. The van der Waals surface area contributed by atoms with Crippen LogP contribution in [0.25, 0.3) is 16.6 Å². The molecule has 0 unspecified atom stereocenters. The second-order valence-electron chi connectivity index (χ2n) is 7.86. The standard InChI is InChI=1S/C23H21FN4O/c1-14-6-9-20(15(2)10-14)28-22-19(12-25-28)21(17-7-8-17)26-27(23(22)29)13-16-4-3-5-18(24)11-16/h3-6,9-12,17H,7-8,13H2,1-2H3. The summed E-state index contributed by atoms with van der Waals surface area (Å²) in [7, 11) is 0. The molecule has 1 saturated carbocycles. The Hall–Kier alpha value is -3.28. The Balaban J connectivity index is 1.73. The fourth-order valence-electron chi connectivity index (χ4n) is 3.89. The predicted molar refractivity (Wildman–Crippen MR) is 110 cm³/mol. The Morgan fingerprint density at radius 3 is 2.69 bits per heavy atom. The lowest BCUT2D eigenvalue weighted by Gasteiger charge is -2.12. The summed E-state index contributed by atoms with van der Waals surface area (Å²) in [5.74, 6) is 0.0352. The number of fused-ring (bicyclic) bond motifs is 1. The number of nitrogens with zero attached hydrogens (tertiary/aromatic N) is 4. The van der Waals surface area contributed by atoms with E-state index in [1.54, 1.807) is 23.0 Å². The minimum atomic E-state index is -0.320. The van der Waals surface area contributed by atoms with Crippen molar-refractivity contribution in [1.82, 2.24) is 19.6 Å². The molecule has 2 heterocycles. The van der Waals surface area contributed by atoms with E-state index < -0.39 is 0 Å². The number of halogens is 1. The third-order valence-corrected chi connectivity index (χ3v) is 5.48. The van der Waals surface area contributed by atoms with Gasteiger partial charge in [0.2, 0.25) is 0 Å². The Morgan fingerprint density at radius 2 is 1.97 bits per heavy atom. The Kier molecular flexibility index (Phi) is 4.08. The summed E-state index contributed by atoms with van der Waals surface area (Å²) in [6.07, 6.45) is 3.88. The number of benzene rings is 2. The van der Waals surface area contributed by atoms with Crippen LogP contribution >= 0.6 is 0 Å². The average molecular weight is 388 g/mol. The summed E-state index contributed by atoms with van der Waals surface area (Å²) < 4.78 is 16.8. The van der Waals surface area contributed by atoms with Crippen LogP contribution in [0.4, 0.5) is 4.39 Å². The molecule has 0 bridgehead atoms. The fourth-order valence-corrected chi connectivity index (χ4v) is 3.89. The van der Waals surface area contributed by atoms with Crippen molar-refractivity contribution in [1.29, 1.82) is 0 Å². The highest BCUT2D eigenvalue weighted by atomic mass is 19.1. The Labute approximate surface area is 167 Å². The minimum Gasteiger partial charge on any atom is -0.265 e. The van der Waals surface area contributed by atoms with Crippen molar-refractivity contribution < 1.29 is 4.39 Å². The maximum atomic E-state index is 13.6. The zero-order valence-electron chi connectivity index (χ0n) is 16.4. The molecule has 29 heavy (non-hydrogen) atoms. The summed E-state index contributed by atoms with van der Waals surface area (Å²) in [5, 5.41) is 10.0. The van der Waals surface area contributed by atoms with E-state index in [0.717, 1.165) is 40.7 Å². The molecule has 1 fully saturated rings. The fraction of sp³-hybridized carbons (Fsp3) is 0.261. The van der Waals surface area contributed by atoms with Gasteiger partial charge in [0.05, 0.1) is 24.1 Å². The first-order chi connectivity index (χ1) is 14.0. The molecule has 1 aliphatic carbocycles. The lowest BCUT2D eigenvalue weighted by atomic mass is 10.1. The molecule has 2 aromatic heterocycles. The van der Waals surface area contributed by atoms with Crippen molar-refractivity contribution in [3.8, 4) is 5.69 Å². The van der Waals surface area contributed by atoms with Crippen LogP contribution in [0.15, 0.2) is 53.5 Å². The van der Waals surface area contributed by atoms with Crippen LogP contribution in [0.3, 0.4) is 0 Å². The van der Waals surface area contributed by atoms with Gasteiger partial charge < -0.3 is 0 Å². The molecule has 0 aliphatic heterocycles. The summed E-state index contributed by atoms with van der Waals surface area (Å²) in [4.78, 5) is 13.4. The average Bonchev–Trinajstić information content (AvgIpc) is 3.43. The molecule has 0 radical (unpaired) electrons. The summed E-state index contributed by atoms with van der Waals surface area (Å²) in [6, 6.07) is 12.4. The van der Waals surface area contributed by atoms with Crippen molar-refractivity contribution >= 4 is 10.9 Å². The van der Waals surface area contributed by atoms with E-state index in [2.05, 4.69) is 16.3 Å². The molecule has 5 nitrogen and oxygen atoms in total. The highest BCUT2D eigenvalue weighted by Gasteiger charge is 2.30. The number of hydrogen-bond donors (Lipinski definition) is 0. The first-order valence-electron chi connectivity index (χ1n) is 9.82. The van der Waals surface area contributed by atoms with Crippen LogP contribution in [0.5, 0.6) is 0 Å². The molecule has 0 amide bonds. The van der Waals surface area contributed by atoms with Crippen LogP contribution in [0.2, 0.25) is 0 Å². The second-order valence-corrected chi connectivity index (χ2v) is 7.86. The summed E-state index contributed by atoms with van der Waals surface area (Å²) >= 11 is 0. The molecule has 0 N–H and O–H groups in total. The molecular weight excluding hydrogens is 367 g/mol. The number of rotatable bonds is 4. The van der Waals surface area contributed by atoms with Gasteiger partial charge in [0.25, 0.3) is 5.56 Å². The first kappa shape index (κ1) is 17.8. The Bertz CT molecular complexity index is 1300. The third kappa shape index (κ3) is 3.14. The van der Waals surface area contributed by atoms with Gasteiger partial charge in [-0.05, 0) is 56.0 Å². The van der Waals surface area contributed by atoms with Gasteiger partial charge in [-0.3, -0.25) is 4.79 Å². The molecule has 1 aliphatic rings. The molecule has 0 spiro atoms. The van der Waals surface area contributed by atoms with Crippen LogP contribution in [-0.2, 0) is 6.54 Å². The van der Waals surface area contributed by atoms with Crippen molar-refractivity contribution in [2.24, 2.45) is 0 Å². The van der Waals surface area contributed by atoms with Crippen LogP contribution in [0, 0.1) is 19.7 Å². The van der Waals surface area contributed by atoms with Crippen LogP contribution in [-0.4, -0.2) is 19.6 Å². The maximum Gasteiger partial charge on any atom is 0.293 e. The van der Waals surface area contributed by atoms with E-state index in [4.69, 9.17) is 0 Å². The largest absolute Gasteiger partial charge is 0.293 e. The SMILES string of the molecule is Cc1ccc(-n2ncc3c(C4CC4)nn(Cc4cccc(F)c4)c(=O)c32)c(C)c1. The van der Waals surface area contributed by atoms with Gasteiger partial charge in [0.15, 0.2) is 0 Å². The number of aryl methyl sites for hydroxylation is 2. The highest BCUT2D eigenvalue weighted by molar-refractivity contribution is 5.82. The molecular formula is C23H21FN4O. The van der Waals surface area contributed by atoms with Crippen molar-refractivity contribution in [3.63, 3.8) is 0 Å². The van der Waals surface area contributed by atoms with Crippen LogP contribution in [0.1, 0.15) is 41.1 Å². The van der Waals surface area contributed by atoms with E-state index in [1.165, 1.54) is 16.8 Å². The molecule has 0 atom stereocenters. The van der Waals surface area contributed by atoms with E-state index >= 15 is 0 Å². The van der Waals surface area contributed by atoms with E-state index in [9.17, 15) is 9.18 Å². The summed E-state index contributed by atoms with van der Waals surface area (Å²) in [5.41, 5.74) is 5.03. The van der Waals surface area contributed by atoms with Gasteiger partial charge in [0.1, 0.15) is 11.3 Å². The lowest BCUT2D eigenvalue weighted by Crippen LogP contribution is -2.26. The molecule has 2 aromatic carbocycles. The third-order valence-electron chi connectivity index (χ3n) is 5.48. The van der Waals surface area contributed by atoms with Gasteiger partial charge in [-0.25, -0.2) is 13.8 Å². The van der Waals surface area contributed by atoms with Gasteiger partial charge in [0, 0.05) is 11.3 Å². The van der Waals surface area contributed by atoms with Crippen LogP contribution < -0.4 is 5.56 Å². The molecule has 4 aromatic rings. The normalized spacial score (nSPS) is 13.9. The van der Waals surface area contributed by atoms with Gasteiger partial charge in [-0.15, -0.1) is 0 Å². The van der Waals surface area contributed by atoms with Crippen molar-refractivity contribution in [2.75, 3.05) is 0 Å². The zero-order chi connectivity index (χ0) is 20.1. The number of hydrogen-bond acceptors (Lipinski definition) is 3. The smallest absolute Gasteiger partial charge is 0.265 e. The van der Waals surface area contributed by atoms with Crippen molar-refractivity contribution in [3.05, 3.63) is 87.2 Å². The topological polar surface area (TPSA) is 52.7 Å². The molecule has 146 valence electrons. The second kappa shape index (κ2) is 6.65. The highest BCUT2D eigenvalue weighted by Crippen LogP contribution is 2.41. The molecule has 5 rings (SSSR count).